The molecule has 1 aromatic carbocycles. The molecule has 0 fully saturated rings. The largest absolute Gasteiger partial charge is 0.372 e. The van der Waals surface area contributed by atoms with Crippen molar-refractivity contribution < 1.29 is 4.74 Å². The highest BCUT2D eigenvalue weighted by atomic mass is 32.2. The molecule has 2 aromatic rings. The molecular formula is C19H31NOS. The minimum Gasteiger partial charge on any atom is -0.372 e. The van der Waals surface area contributed by atoms with Crippen LogP contribution in [0.2, 0.25) is 0 Å². The molecule has 0 amide bonds. The predicted molar refractivity (Wildman–Crippen MR) is 103 cm³/mol. The molecule has 0 aliphatic rings. The maximum Gasteiger partial charge on any atom is 0.0874 e. The summed E-state index contributed by atoms with van der Waals surface area (Å²) in [6.07, 6.45) is 4.76. The molecule has 1 heterocycles. The van der Waals surface area contributed by atoms with Gasteiger partial charge in [-0.3, -0.25) is 0 Å². The molecule has 0 aliphatic heterocycles. The van der Waals surface area contributed by atoms with Crippen molar-refractivity contribution in [1.29, 1.82) is 0 Å². The summed E-state index contributed by atoms with van der Waals surface area (Å²) in [6, 6.07) is 8.61. The van der Waals surface area contributed by atoms with Crippen LogP contribution in [0.15, 0.2) is 30.5 Å². The van der Waals surface area contributed by atoms with Gasteiger partial charge in [0.05, 0.1) is 5.94 Å². The van der Waals surface area contributed by atoms with E-state index in [1.807, 2.05) is 13.8 Å². The fraction of sp³-hybridized carbons (Fsp3) is 0.526. The normalized spacial score (nSPS) is 12.2. The predicted octanol–water partition coefficient (Wildman–Crippen LogP) is 5.42. The van der Waals surface area contributed by atoms with Gasteiger partial charge in [-0.2, -0.15) is 10.5 Å². The van der Waals surface area contributed by atoms with Gasteiger partial charge in [-0.1, -0.05) is 45.4 Å². The minimum atomic E-state index is 0.222. The third kappa shape index (κ3) is 5.29. The van der Waals surface area contributed by atoms with Gasteiger partial charge in [-0.05, 0) is 30.5 Å². The van der Waals surface area contributed by atoms with Crippen LogP contribution in [-0.4, -0.2) is 28.2 Å². The zero-order chi connectivity index (χ0) is 16.4. The Morgan fingerprint density at radius 2 is 1.91 bits per heavy atom. The van der Waals surface area contributed by atoms with Crippen LogP contribution in [-0.2, 0) is 11.8 Å². The average Bonchev–Trinajstić information content (AvgIpc) is 2.88. The number of unbranched alkanes of at least 4 members (excludes halogenated alkanes) is 1. The Hall–Kier alpha value is -1.06. The molecule has 0 spiro atoms. The molecule has 124 valence electrons. The van der Waals surface area contributed by atoms with Crippen molar-refractivity contribution in [3.63, 3.8) is 0 Å². The zero-order valence-electron chi connectivity index (χ0n) is 14.8. The second-order valence-corrected chi connectivity index (χ2v) is 6.99. The average molecular weight is 322 g/mol. The van der Waals surface area contributed by atoms with Crippen LogP contribution < -0.4 is 0 Å². The molecular weight excluding hydrogens is 290 g/mol. The number of para-hydroxylation sites is 1. The molecule has 22 heavy (non-hydrogen) atoms. The van der Waals surface area contributed by atoms with E-state index in [-0.39, 0.29) is 10.5 Å². The lowest BCUT2D eigenvalue weighted by atomic mass is 10.2. The Balaban J connectivity index is 0.00000116. The quantitative estimate of drug-likeness (QED) is 0.621. The van der Waals surface area contributed by atoms with Crippen molar-refractivity contribution in [2.75, 3.05) is 18.3 Å². The van der Waals surface area contributed by atoms with Gasteiger partial charge in [0.1, 0.15) is 0 Å². The maximum absolute atomic E-state index is 5.66. The second kappa shape index (κ2) is 10.6. The van der Waals surface area contributed by atoms with E-state index in [1.54, 1.807) is 0 Å². The first-order valence-corrected chi connectivity index (χ1v) is 10.0. The number of rotatable bonds is 7. The Labute approximate surface area is 138 Å². The molecule has 0 saturated carbocycles. The lowest BCUT2D eigenvalue weighted by Crippen LogP contribution is -1.96. The lowest BCUT2D eigenvalue weighted by Gasteiger charge is -2.08. The van der Waals surface area contributed by atoms with E-state index in [9.17, 15) is 0 Å². The van der Waals surface area contributed by atoms with Gasteiger partial charge in [0.15, 0.2) is 0 Å². The number of benzene rings is 1. The zero-order valence-corrected chi connectivity index (χ0v) is 15.6. The second-order valence-electron chi connectivity index (χ2n) is 5.04. The molecule has 0 aliphatic carbocycles. The summed E-state index contributed by atoms with van der Waals surface area (Å²) in [7, 11) is 2.34. The maximum atomic E-state index is 5.66. The number of aryl methyl sites for hydroxylation is 1. The first kappa shape index (κ1) is 19.0. The Morgan fingerprint density at radius 3 is 2.59 bits per heavy atom. The van der Waals surface area contributed by atoms with Gasteiger partial charge in [0, 0.05) is 36.3 Å². The third-order valence-electron chi connectivity index (χ3n) is 3.42. The van der Waals surface area contributed by atoms with Crippen LogP contribution in [0.4, 0.5) is 0 Å². The van der Waals surface area contributed by atoms with Gasteiger partial charge in [-0.25, -0.2) is 0 Å². The Kier molecular flexibility index (Phi) is 9.17. The summed E-state index contributed by atoms with van der Waals surface area (Å²) in [5, 5.41) is 3.77. The molecule has 0 radical (unpaired) electrons. The summed E-state index contributed by atoms with van der Waals surface area (Å²) in [6.45, 7) is 9.12. The SMILES string of the molecule is CC.CCCC/S(=C\c1cn(C)c2ccccc12)COCC. The van der Waals surface area contributed by atoms with Gasteiger partial charge >= 0.3 is 0 Å². The van der Waals surface area contributed by atoms with E-state index < -0.39 is 0 Å². The van der Waals surface area contributed by atoms with Crippen molar-refractivity contribution in [3.05, 3.63) is 36.0 Å². The van der Waals surface area contributed by atoms with Crippen molar-refractivity contribution in [1.82, 2.24) is 4.57 Å². The highest BCUT2D eigenvalue weighted by molar-refractivity contribution is 8.15. The standard InChI is InChI=1S/C17H25NOS.C2H6/c1-4-6-11-20(14-19-5-2)13-15-12-18(3)17-10-8-7-9-16(15)17;1-2/h7-10,12-13H,4-6,11,14H2,1-3H3;1-2H3. The van der Waals surface area contributed by atoms with Crippen molar-refractivity contribution >= 4 is 26.8 Å². The third-order valence-corrected chi connectivity index (χ3v) is 5.29. The van der Waals surface area contributed by atoms with Crippen molar-refractivity contribution in [2.45, 2.75) is 40.5 Å². The first-order chi connectivity index (χ1) is 10.8. The van der Waals surface area contributed by atoms with E-state index in [0.717, 1.165) is 12.5 Å². The van der Waals surface area contributed by atoms with E-state index in [4.69, 9.17) is 4.74 Å². The summed E-state index contributed by atoms with van der Waals surface area (Å²) in [5.41, 5.74) is 2.65. The summed E-state index contributed by atoms with van der Waals surface area (Å²) >= 11 is 0. The molecule has 2 rings (SSSR count). The monoisotopic (exact) mass is 321 g/mol. The fourth-order valence-corrected chi connectivity index (χ4v) is 4.21. The number of ether oxygens (including phenoxy) is 1. The van der Waals surface area contributed by atoms with Crippen molar-refractivity contribution in [2.24, 2.45) is 7.05 Å². The van der Waals surface area contributed by atoms with Crippen molar-refractivity contribution in [3.8, 4) is 0 Å². The van der Waals surface area contributed by atoms with E-state index in [2.05, 4.69) is 61.3 Å². The van der Waals surface area contributed by atoms with Crippen LogP contribution in [0.25, 0.3) is 10.9 Å². The fourth-order valence-electron chi connectivity index (χ4n) is 2.32. The lowest BCUT2D eigenvalue weighted by molar-refractivity contribution is 0.199. The number of hydrogen-bond acceptors (Lipinski definition) is 1. The first-order valence-electron chi connectivity index (χ1n) is 8.39. The molecule has 3 heteroatoms. The van der Waals surface area contributed by atoms with E-state index in [0.29, 0.717) is 0 Å². The van der Waals surface area contributed by atoms with E-state index in [1.165, 1.54) is 35.1 Å². The number of nitrogens with zero attached hydrogens (tertiary/aromatic N) is 1. The van der Waals surface area contributed by atoms with Gasteiger partial charge in [0.2, 0.25) is 0 Å². The topological polar surface area (TPSA) is 14.2 Å². The van der Waals surface area contributed by atoms with Crippen LogP contribution in [0.1, 0.15) is 46.1 Å². The Bertz CT molecular complexity index is 576. The van der Waals surface area contributed by atoms with Crippen LogP contribution in [0.5, 0.6) is 0 Å². The minimum absolute atomic E-state index is 0.222. The van der Waals surface area contributed by atoms with E-state index >= 15 is 0 Å². The smallest absolute Gasteiger partial charge is 0.0874 e. The molecule has 0 bridgehead atoms. The number of fused-ring (bicyclic) bond motifs is 1. The molecule has 1 aromatic heterocycles. The van der Waals surface area contributed by atoms with Crippen LogP contribution >= 0.6 is 10.5 Å². The number of hydrogen-bond donors (Lipinski definition) is 0. The van der Waals surface area contributed by atoms with Crippen LogP contribution in [0, 0.1) is 0 Å². The summed E-state index contributed by atoms with van der Waals surface area (Å²) < 4.78 is 7.87. The highest BCUT2D eigenvalue weighted by Crippen LogP contribution is 2.23. The molecule has 1 atom stereocenters. The van der Waals surface area contributed by atoms with Crippen LogP contribution in [0.3, 0.4) is 0 Å². The Morgan fingerprint density at radius 1 is 1.18 bits per heavy atom. The molecule has 0 N–H and O–H groups in total. The number of aromatic nitrogens is 1. The molecule has 2 nitrogen and oxygen atoms in total. The summed E-state index contributed by atoms with van der Waals surface area (Å²) in [4.78, 5) is 0. The van der Waals surface area contributed by atoms with Gasteiger partial charge in [-0.15, -0.1) is 0 Å². The molecule has 0 saturated heterocycles. The highest BCUT2D eigenvalue weighted by Gasteiger charge is 2.05. The molecule has 1 unspecified atom stereocenters. The van der Waals surface area contributed by atoms with Gasteiger partial charge in [0.25, 0.3) is 0 Å². The summed E-state index contributed by atoms with van der Waals surface area (Å²) in [5.74, 6) is 2.10. The van der Waals surface area contributed by atoms with Gasteiger partial charge < -0.3 is 9.30 Å².